The first kappa shape index (κ1) is 24.2. The molecule has 0 saturated carbocycles. The number of nitrogens with one attached hydrogen (secondary N) is 3. The van der Waals surface area contributed by atoms with Gasteiger partial charge in [-0.05, 0) is 25.5 Å². The van der Waals surface area contributed by atoms with Crippen LogP contribution in [-0.4, -0.2) is 60.6 Å². The minimum absolute atomic E-state index is 0.0143. The molecule has 1 aromatic rings. The Balaban J connectivity index is 2.80. The van der Waals surface area contributed by atoms with Gasteiger partial charge in [0.05, 0.1) is 12.1 Å². The second-order valence-corrected chi connectivity index (χ2v) is 10.1. The lowest BCUT2D eigenvalue weighted by Crippen LogP contribution is -2.49. The number of halogens is 1. The molecule has 1 aromatic carbocycles. The SMILES string of the molecule is C[C@H](CN)NS(=O)(=O)c1ccc(N2CC[C@@H](N)[C@@H](F)C2)c(C(=N)N=N)c1S(N)(=O)=O. The second-order valence-electron chi connectivity index (χ2n) is 6.96. The van der Waals surface area contributed by atoms with Crippen molar-refractivity contribution >= 4 is 31.6 Å². The minimum Gasteiger partial charge on any atom is -0.368 e. The molecule has 0 aliphatic carbocycles. The van der Waals surface area contributed by atoms with E-state index in [0.717, 1.165) is 6.07 Å². The largest absolute Gasteiger partial charge is 0.368 e. The molecule has 0 amide bonds. The molecule has 1 fully saturated rings. The Kier molecular flexibility index (Phi) is 7.26. The van der Waals surface area contributed by atoms with Gasteiger partial charge < -0.3 is 16.4 Å². The van der Waals surface area contributed by atoms with E-state index in [1.807, 2.05) is 0 Å². The first-order valence-corrected chi connectivity index (χ1v) is 11.9. The van der Waals surface area contributed by atoms with Crippen LogP contribution >= 0.6 is 0 Å². The number of sulfonamides is 2. The molecule has 9 N–H and O–H groups in total. The lowest BCUT2D eigenvalue weighted by Gasteiger charge is -2.36. The fraction of sp³-hybridized carbons (Fsp3) is 0.533. The van der Waals surface area contributed by atoms with Crippen molar-refractivity contribution in [1.82, 2.24) is 4.72 Å². The van der Waals surface area contributed by atoms with Gasteiger partial charge in [0.25, 0.3) is 0 Å². The number of amidine groups is 1. The Morgan fingerprint density at radius 1 is 1.40 bits per heavy atom. The molecule has 1 aliphatic rings. The Hall–Kier alpha value is -2.04. The molecule has 1 saturated heterocycles. The number of anilines is 1. The molecule has 1 heterocycles. The summed E-state index contributed by atoms with van der Waals surface area (Å²) in [4.78, 5) is -0.199. The van der Waals surface area contributed by atoms with E-state index in [0.29, 0.717) is 0 Å². The fourth-order valence-electron chi connectivity index (χ4n) is 3.11. The van der Waals surface area contributed by atoms with Crippen molar-refractivity contribution in [2.75, 3.05) is 24.5 Å². The molecule has 1 aliphatic heterocycles. The lowest BCUT2D eigenvalue weighted by molar-refractivity contribution is 0.251. The Bertz CT molecular complexity index is 1050. The van der Waals surface area contributed by atoms with Crippen molar-refractivity contribution in [1.29, 1.82) is 10.9 Å². The van der Waals surface area contributed by atoms with E-state index in [4.69, 9.17) is 27.5 Å². The zero-order valence-corrected chi connectivity index (χ0v) is 17.8. The number of alkyl halides is 1. The van der Waals surface area contributed by atoms with E-state index in [2.05, 4.69) is 9.84 Å². The lowest BCUT2D eigenvalue weighted by atomic mass is 10.0. The number of hydrogen-bond donors (Lipinski definition) is 6. The van der Waals surface area contributed by atoms with E-state index >= 15 is 0 Å². The molecule has 168 valence electrons. The standard InChI is InChI=1S/C15H25FN8O4S2/c1-8(6-17)23-30(27,28)12-3-2-11(24-5-4-10(18)9(16)7-24)13(15(19)22-20)14(12)29(21,25)26/h2-3,8-10,19-20,23H,4-7,17-18H2,1H3,(H2,21,25,26)/t8-,9+,10-/m1/s1. The molecule has 0 unspecified atom stereocenters. The van der Waals surface area contributed by atoms with Crippen LogP contribution in [0.3, 0.4) is 0 Å². The van der Waals surface area contributed by atoms with Crippen molar-refractivity contribution in [3.05, 3.63) is 17.7 Å². The van der Waals surface area contributed by atoms with Crippen molar-refractivity contribution in [3.8, 4) is 0 Å². The normalized spacial score (nSPS) is 21.3. The zero-order valence-electron chi connectivity index (χ0n) is 16.2. The number of nitrogens with zero attached hydrogens (tertiary/aromatic N) is 2. The van der Waals surface area contributed by atoms with Gasteiger partial charge in [0.1, 0.15) is 16.0 Å². The molecule has 0 radical (unpaired) electrons. The Labute approximate surface area is 174 Å². The van der Waals surface area contributed by atoms with Crippen molar-refractivity contribution < 1.29 is 21.2 Å². The second kappa shape index (κ2) is 8.99. The molecule has 15 heteroatoms. The molecule has 3 atom stereocenters. The van der Waals surface area contributed by atoms with Crippen LogP contribution in [0.15, 0.2) is 27.0 Å². The maximum Gasteiger partial charge on any atom is 0.242 e. The Morgan fingerprint density at radius 3 is 2.53 bits per heavy atom. The highest BCUT2D eigenvalue weighted by atomic mass is 32.2. The monoisotopic (exact) mass is 464 g/mol. The van der Waals surface area contributed by atoms with Crippen LogP contribution in [0.1, 0.15) is 18.9 Å². The summed E-state index contributed by atoms with van der Waals surface area (Å²) < 4.78 is 66.8. The summed E-state index contributed by atoms with van der Waals surface area (Å²) in [6.45, 7) is 1.43. The third-order valence-electron chi connectivity index (χ3n) is 4.66. The first-order chi connectivity index (χ1) is 13.8. The average Bonchev–Trinajstić information content (AvgIpc) is 2.67. The highest BCUT2D eigenvalue weighted by Gasteiger charge is 2.35. The van der Waals surface area contributed by atoms with Crippen LogP contribution in [0.25, 0.3) is 0 Å². The number of nitrogens with two attached hydrogens (primary N) is 3. The molecule has 2 rings (SSSR count). The highest BCUT2D eigenvalue weighted by Crippen LogP contribution is 2.34. The molecular weight excluding hydrogens is 439 g/mol. The average molecular weight is 465 g/mol. The number of benzene rings is 1. The number of rotatable bonds is 7. The molecule has 0 spiro atoms. The smallest absolute Gasteiger partial charge is 0.242 e. The minimum atomic E-state index is -4.71. The molecule has 30 heavy (non-hydrogen) atoms. The van der Waals surface area contributed by atoms with E-state index in [1.54, 1.807) is 0 Å². The van der Waals surface area contributed by atoms with E-state index < -0.39 is 59.5 Å². The van der Waals surface area contributed by atoms with Crippen LogP contribution in [-0.2, 0) is 20.0 Å². The van der Waals surface area contributed by atoms with E-state index in [1.165, 1.54) is 17.9 Å². The van der Waals surface area contributed by atoms with Crippen molar-refractivity contribution in [2.24, 2.45) is 21.7 Å². The summed E-state index contributed by atoms with van der Waals surface area (Å²) in [6.07, 6.45) is -1.19. The molecule has 0 bridgehead atoms. The van der Waals surface area contributed by atoms with Gasteiger partial charge >= 0.3 is 0 Å². The summed E-state index contributed by atoms with van der Waals surface area (Å²) in [5.74, 6) is -0.844. The van der Waals surface area contributed by atoms with Crippen LogP contribution < -0.4 is 26.2 Å². The van der Waals surface area contributed by atoms with Gasteiger partial charge in [-0.1, -0.05) is 0 Å². The third-order valence-corrected chi connectivity index (χ3v) is 7.42. The van der Waals surface area contributed by atoms with Crippen LogP contribution in [0.2, 0.25) is 0 Å². The maximum absolute atomic E-state index is 14.2. The van der Waals surface area contributed by atoms with Crippen LogP contribution in [0.4, 0.5) is 10.1 Å². The van der Waals surface area contributed by atoms with E-state index in [-0.39, 0.29) is 31.7 Å². The zero-order chi connectivity index (χ0) is 22.9. The summed E-state index contributed by atoms with van der Waals surface area (Å²) >= 11 is 0. The predicted molar refractivity (Wildman–Crippen MR) is 108 cm³/mol. The predicted octanol–water partition coefficient (Wildman–Crippen LogP) is -0.809. The molecular formula is C15H25FN8O4S2. The van der Waals surface area contributed by atoms with Gasteiger partial charge in [0.15, 0.2) is 5.84 Å². The highest BCUT2D eigenvalue weighted by molar-refractivity contribution is 7.92. The number of piperidine rings is 1. The maximum atomic E-state index is 14.2. The summed E-state index contributed by atoms with van der Waals surface area (Å²) in [6, 6.07) is 0.810. The van der Waals surface area contributed by atoms with Gasteiger partial charge in [0, 0.05) is 30.9 Å². The number of hydrogen-bond acceptors (Lipinski definition) is 9. The van der Waals surface area contributed by atoms with Gasteiger partial charge in [-0.25, -0.2) is 36.6 Å². The van der Waals surface area contributed by atoms with Gasteiger partial charge in [0.2, 0.25) is 20.0 Å². The van der Waals surface area contributed by atoms with E-state index in [9.17, 15) is 21.2 Å². The van der Waals surface area contributed by atoms with Crippen LogP contribution in [0, 0.1) is 10.9 Å². The van der Waals surface area contributed by atoms with Crippen molar-refractivity contribution in [2.45, 2.75) is 41.4 Å². The quantitative estimate of drug-likeness (QED) is 0.171. The number of primary sulfonamides is 1. The summed E-state index contributed by atoms with van der Waals surface area (Å²) in [5.41, 5.74) is 17.8. The first-order valence-electron chi connectivity index (χ1n) is 8.86. The third kappa shape index (κ3) is 4.98. The van der Waals surface area contributed by atoms with Gasteiger partial charge in [-0.15, -0.1) is 5.11 Å². The summed E-state index contributed by atoms with van der Waals surface area (Å²) in [7, 11) is -9.13. The summed E-state index contributed by atoms with van der Waals surface area (Å²) in [5, 5.41) is 16.2. The molecule has 12 nitrogen and oxygen atoms in total. The van der Waals surface area contributed by atoms with Crippen molar-refractivity contribution in [3.63, 3.8) is 0 Å². The van der Waals surface area contributed by atoms with Gasteiger partial charge in [-0.2, -0.15) is 0 Å². The molecule has 0 aromatic heterocycles. The van der Waals surface area contributed by atoms with Crippen LogP contribution in [0.5, 0.6) is 0 Å². The van der Waals surface area contributed by atoms with Gasteiger partial charge in [-0.3, -0.25) is 5.41 Å². The topological polar surface area (TPSA) is 222 Å². The Morgan fingerprint density at radius 2 is 2.03 bits per heavy atom. The fourth-order valence-corrected chi connectivity index (χ4v) is 5.97.